The highest BCUT2D eigenvalue weighted by Gasteiger charge is 2.16. The van der Waals surface area contributed by atoms with Crippen molar-refractivity contribution in [2.24, 2.45) is 0 Å². The van der Waals surface area contributed by atoms with Gasteiger partial charge in [-0.25, -0.2) is 0 Å². The standard InChI is InChI=1S/C20H22BrNO2/c1-13-11-17(21)19(23)18(12-13)22-20(24)16-9-7-15(8-10-16)14-5-3-2-4-6-14/h7-12,14,23H,2-6H2,1H3,(H,22,24). The number of nitrogens with one attached hydrogen (secondary N) is 1. The second-order valence-corrected chi connectivity index (χ2v) is 7.41. The van der Waals surface area contributed by atoms with Crippen molar-refractivity contribution in [3.05, 3.63) is 57.6 Å². The van der Waals surface area contributed by atoms with E-state index in [0.29, 0.717) is 21.6 Å². The molecule has 1 aliphatic rings. The van der Waals surface area contributed by atoms with Gasteiger partial charge in [0.05, 0.1) is 10.2 Å². The van der Waals surface area contributed by atoms with Gasteiger partial charge in [-0.1, -0.05) is 31.4 Å². The molecular weight excluding hydrogens is 366 g/mol. The maximum atomic E-state index is 12.4. The molecule has 0 bridgehead atoms. The van der Waals surface area contributed by atoms with Crippen LogP contribution in [0.1, 0.15) is 59.5 Å². The van der Waals surface area contributed by atoms with Crippen LogP contribution in [0.2, 0.25) is 0 Å². The zero-order valence-electron chi connectivity index (χ0n) is 13.8. The highest BCUT2D eigenvalue weighted by Crippen LogP contribution is 2.34. The minimum absolute atomic E-state index is 0.0489. The Bertz CT molecular complexity index is 734. The fourth-order valence-corrected chi connectivity index (χ4v) is 3.94. The molecule has 0 radical (unpaired) electrons. The van der Waals surface area contributed by atoms with Gasteiger partial charge in [0.1, 0.15) is 0 Å². The summed E-state index contributed by atoms with van der Waals surface area (Å²) >= 11 is 3.30. The molecule has 0 aromatic heterocycles. The van der Waals surface area contributed by atoms with Crippen LogP contribution < -0.4 is 5.32 Å². The van der Waals surface area contributed by atoms with Crippen molar-refractivity contribution in [3.63, 3.8) is 0 Å². The van der Waals surface area contributed by atoms with Gasteiger partial charge < -0.3 is 10.4 Å². The van der Waals surface area contributed by atoms with Crippen LogP contribution >= 0.6 is 15.9 Å². The molecule has 126 valence electrons. The third-order valence-electron chi connectivity index (χ3n) is 4.71. The molecule has 3 rings (SSSR count). The van der Waals surface area contributed by atoms with E-state index in [1.54, 1.807) is 6.07 Å². The number of benzene rings is 2. The number of amides is 1. The summed E-state index contributed by atoms with van der Waals surface area (Å²) in [5.41, 5.74) is 3.31. The number of anilines is 1. The van der Waals surface area contributed by atoms with Crippen molar-refractivity contribution < 1.29 is 9.90 Å². The molecule has 4 heteroatoms. The Morgan fingerprint density at radius 3 is 2.46 bits per heavy atom. The molecule has 2 N–H and O–H groups in total. The zero-order chi connectivity index (χ0) is 17.1. The molecule has 3 nitrogen and oxygen atoms in total. The molecule has 2 aromatic carbocycles. The van der Waals surface area contributed by atoms with Crippen molar-refractivity contribution >= 4 is 27.5 Å². The average Bonchev–Trinajstić information content (AvgIpc) is 2.60. The first kappa shape index (κ1) is 17.0. The molecule has 0 unspecified atom stereocenters. The Balaban J connectivity index is 1.73. The molecule has 1 fully saturated rings. The van der Waals surface area contributed by atoms with Crippen molar-refractivity contribution in [2.75, 3.05) is 5.32 Å². The number of halogens is 1. The van der Waals surface area contributed by atoms with Crippen LogP contribution in [-0.2, 0) is 0 Å². The van der Waals surface area contributed by atoms with E-state index >= 15 is 0 Å². The summed E-state index contributed by atoms with van der Waals surface area (Å²) in [4.78, 5) is 12.4. The SMILES string of the molecule is Cc1cc(Br)c(O)c(NC(=O)c2ccc(C3CCCCC3)cc2)c1. The van der Waals surface area contributed by atoms with Crippen LogP contribution in [0.25, 0.3) is 0 Å². The number of phenolic OH excluding ortho intramolecular Hbond substituents is 1. The largest absolute Gasteiger partial charge is 0.505 e. The number of hydrogen-bond donors (Lipinski definition) is 2. The summed E-state index contributed by atoms with van der Waals surface area (Å²) in [5, 5.41) is 12.9. The maximum absolute atomic E-state index is 12.4. The van der Waals surface area contributed by atoms with Crippen molar-refractivity contribution in [1.29, 1.82) is 0 Å². The third-order valence-corrected chi connectivity index (χ3v) is 5.31. The average molecular weight is 388 g/mol. The topological polar surface area (TPSA) is 49.3 Å². The first-order valence-electron chi connectivity index (χ1n) is 8.45. The predicted octanol–water partition coefficient (Wildman–Crippen LogP) is 5.76. The second kappa shape index (κ2) is 7.39. The van der Waals surface area contributed by atoms with Crippen molar-refractivity contribution in [3.8, 4) is 5.75 Å². The van der Waals surface area contributed by atoms with E-state index in [-0.39, 0.29) is 11.7 Å². The molecule has 1 saturated carbocycles. The summed E-state index contributed by atoms with van der Waals surface area (Å²) in [7, 11) is 0. The fraction of sp³-hybridized carbons (Fsp3) is 0.350. The van der Waals surface area contributed by atoms with Gasteiger partial charge in [0.2, 0.25) is 0 Å². The smallest absolute Gasteiger partial charge is 0.255 e. The molecule has 24 heavy (non-hydrogen) atoms. The summed E-state index contributed by atoms with van der Waals surface area (Å²) in [6.07, 6.45) is 6.43. The van der Waals surface area contributed by atoms with E-state index in [0.717, 1.165) is 5.56 Å². The first-order chi connectivity index (χ1) is 11.5. The Hall–Kier alpha value is -1.81. The van der Waals surface area contributed by atoms with Crippen LogP contribution in [0.5, 0.6) is 5.75 Å². The maximum Gasteiger partial charge on any atom is 0.255 e. The molecule has 0 atom stereocenters. The lowest BCUT2D eigenvalue weighted by atomic mass is 9.84. The van der Waals surface area contributed by atoms with E-state index in [1.165, 1.54) is 37.7 Å². The number of phenols is 1. The molecule has 0 spiro atoms. The van der Waals surface area contributed by atoms with E-state index in [4.69, 9.17) is 0 Å². The van der Waals surface area contributed by atoms with Gasteiger partial charge in [0.25, 0.3) is 5.91 Å². The molecule has 0 heterocycles. The predicted molar refractivity (Wildman–Crippen MR) is 101 cm³/mol. The number of rotatable bonds is 3. The number of aryl methyl sites for hydroxylation is 1. The Kier molecular flexibility index (Phi) is 5.24. The number of carbonyl (C=O) groups is 1. The molecular formula is C20H22BrNO2. The lowest BCUT2D eigenvalue weighted by Gasteiger charge is -2.22. The van der Waals surface area contributed by atoms with Crippen LogP contribution in [0.3, 0.4) is 0 Å². The molecule has 0 aliphatic heterocycles. The van der Waals surface area contributed by atoms with Gasteiger partial charge in [0, 0.05) is 5.56 Å². The van der Waals surface area contributed by atoms with Crippen molar-refractivity contribution in [1.82, 2.24) is 0 Å². The number of aromatic hydroxyl groups is 1. The Morgan fingerprint density at radius 2 is 1.79 bits per heavy atom. The fourth-order valence-electron chi connectivity index (χ4n) is 3.37. The monoisotopic (exact) mass is 387 g/mol. The van der Waals surface area contributed by atoms with E-state index in [9.17, 15) is 9.90 Å². The molecule has 0 saturated heterocycles. The van der Waals surface area contributed by atoms with Crippen LogP contribution in [0.4, 0.5) is 5.69 Å². The second-order valence-electron chi connectivity index (χ2n) is 6.55. The number of carbonyl (C=O) groups excluding carboxylic acids is 1. The highest BCUT2D eigenvalue weighted by atomic mass is 79.9. The summed E-state index contributed by atoms with van der Waals surface area (Å²) in [5.74, 6) is 0.471. The third kappa shape index (κ3) is 3.81. The highest BCUT2D eigenvalue weighted by molar-refractivity contribution is 9.10. The lowest BCUT2D eigenvalue weighted by molar-refractivity contribution is 0.102. The van der Waals surface area contributed by atoms with Gasteiger partial charge in [-0.15, -0.1) is 0 Å². The van der Waals surface area contributed by atoms with E-state index in [2.05, 4.69) is 33.4 Å². The molecule has 2 aromatic rings. The zero-order valence-corrected chi connectivity index (χ0v) is 15.4. The van der Waals surface area contributed by atoms with Gasteiger partial charge in [0.15, 0.2) is 5.75 Å². The molecule has 1 amide bonds. The van der Waals surface area contributed by atoms with Gasteiger partial charge in [-0.2, -0.15) is 0 Å². The minimum atomic E-state index is -0.210. The normalized spacial score (nSPS) is 15.2. The van der Waals surface area contributed by atoms with Gasteiger partial charge in [-0.05, 0) is 77.0 Å². The van der Waals surface area contributed by atoms with Crippen LogP contribution in [0, 0.1) is 6.92 Å². The molecule has 1 aliphatic carbocycles. The first-order valence-corrected chi connectivity index (χ1v) is 9.24. The Morgan fingerprint density at radius 1 is 1.12 bits per heavy atom. The minimum Gasteiger partial charge on any atom is -0.505 e. The quantitative estimate of drug-likeness (QED) is 0.657. The van der Waals surface area contributed by atoms with Crippen molar-refractivity contribution in [2.45, 2.75) is 44.9 Å². The lowest BCUT2D eigenvalue weighted by Crippen LogP contribution is -2.12. The summed E-state index contributed by atoms with van der Waals surface area (Å²) < 4.78 is 0.574. The van der Waals surface area contributed by atoms with Crippen LogP contribution in [0.15, 0.2) is 40.9 Å². The van der Waals surface area contributed by atoms with Gasteiger partial charge in [-0.3, -0.25) is 4.79 Å². The summed E-state index contributed by atoms with van der Waals surface area (Å²) in [6, 6.07) is 11.5. The Labute approximate surface area is 151 Å². The van der Waals surface area contributed by atoms with Crippen LogP contribution in [-0.4, -0.2) is 11.0 Å². The number of hydrogen-bond acceptors (Lipinski definition) is 2. The van der Waals surface area contributed by atoms with Gasteiger partial charge >= 0.3 is 0 Å². The summed E-state index contributed by atoms with van der Waals surface area (Å²) in [6.45, 7) is 1.92. The van der Waals surface area contributed by atoms with E-state index in [1.807, 2.05) is 25.1 Å². The van der Waals surface area contributed by atoms with E-state index < -0.39 is 0 Å².